The maximum absolute atomic E-state index is 12.0. The van der Waals surface area contributed by atoms with Gasteiger partial charge < -0.3 is 15.4 Å². The Morgan fingerprint density at radius 3 is 2.10 bits per heavy atom. The van der Waals surface area contributed by atoms with E-state index in [0.29, 0.717) is 23.8 Å². The summed E-state index contributed by atoms with van der Waals surface area (Å²) in [6, 6.07) is 23.9. The van der Waals surface area contributed by atoms with Gasteiger partial charge in [0, 0.05) is 24.3 Å². The molecule has 7 nitrogen and oxygen atoms in total. The highest BCUT2D eigenvalue weighted by Crippen LogP contribution is 2.22. The molecule has 0 atom stereocenters. The molecule has 0 aromatic heterocycles. The Bertz CT molecular complexity index is 1020. The van der Waals surface area contributed by atoms with Crippen molar-refractivity contribution in [2.75, 3.05) is 25.5 Å². The predicted octanol–water partition coefficient (Wildman–Crippen LogP) is 4.83. The third kappa shape index (κ3) is 7.20. The van der Waals surface area contributed by atoms with E-state index in [1.807, 2.05) is 54.6 Å². The second-order valence-corrected chi connectivity index (χ2v) is 6.86. The van der Waals surface area contributed by atoms with Crippen LogP contribution in [0, 0.1) is 0 Å². The number of carbonyl (C=O) groups is 1. The average molecular weight is 434 g/mol. The van der Waals surface area contributed by atoms with Crippen molar-refractivity contribution in [3.05, 3.63) is 84.4 Å². The number of ether oxygens (including phenoxy) is 1. The first-order chi connectivity index (χ1) is 15.1. The maximum Gasteiger partial charge on any atom is 0.257 e. The zero-order valence-electron chi connectivity index (χ0n) is 17.0. The van der Waals surface area contributed by atoms with Crippen molar-refractivity contribution in [1.82, 2.24) is 10.6 Å². The highest BCUT2D eigenvalue weighted by atomic mass is 32.1. The second kappa shape index (κ2) is 11.4. The third-order valence-corrected chi connectivity index (χ3v) is 4.47. The Hall–Kier alpha value is -3.78. The Balaban J connectivity index is 1.38. The molecule has 3 aromatic carbocycles. The van der Waals surface area contributed by atoms with Crippen LogP contribution in [0.25, 0.3) is 0 Å². The molecule has 3 rings (SSSR count). The molecule has 0 saturated carbocycles. The van der Waals surface area contributed by atoms with Gasteiger partial charge in [0.25, 0.3) is 5.91 Å². The Morgan fingerprint density at radius 1 is 0.871 bits per heavy atom. The van der Waals surface area contributed by atoms with Gasteiger partial charge in [0.05, 0.1) is 18.5 Å². The van der Waals surface area contributed by atoms with Crippen LogP contribution in [0.3, 0.4) is 0 Å². The molecule has 0 spiro atoms. The number of rotatable bonds is 8. The van der Waals surface area contributed by atoms with Crippen LogP contribution in [0.5, 0.6) is 5.75 Å². The molecular formula is C23H23N5O2S. The van der Waals surface area contributed by atoms with E-state index in [4.69, 9.17) is 17.0 Å². The van der Waals surface area contributed by atoms with Crippen molar-refractivity contribution in [2.45, 2.75) is 0 Å². The fourth-order valence-electron chi connectivity index (χ4n) is 2.60. The van der Waals surface area contributed by atoms with Gasteiger partial charge in [-0.05, 0) is 72.9 Å². The molecule has 0 aliphatic heterocycles. The second-order valence-electron chi connectivity index (χ2n) is 6.45. The summed E-state index contributed by atoms with van der Waals surface area (Å²) in [4.78, 5) is 12.0. The first-order valence-electron chi connectivity index (χ1n) is 9.68. The van der Waals surface area contributed by atoms with Crippen molar-refractivity contribution in [3.8, 4) is 5.75 Å². The van der Waals surface area contributed by atoms with Crippen LogP contribution in [-0.2, 0) is 0 Å². The van der Waals surface area contributed by atoms with Crippen LogP contribution in [0.4, 0.5) is 17.1 Å². The van der Waals surface area contributed by atoms with E-state index >= 15 is 0 Å². The fraction of sp³-hybridized carbons (Fsp3) is 0.130. The Labute approximate surface area is 186 Å². The van der Waals surface area contributed by atoms with Crippen LogP contribution in [0.15, 0.2) is 89.1 Å². The van der Waals surface area contributed by atoms with Crippen LogP contribution < -0.4 is 20.7 Å². The number of nitrogens with zero attached hydrogens (tertiary/aromatic N) is 2. The van der Waals surface area contributed by atoms with Gasteiger partial charge in [-0.15, -0.1) is 0 Å². The number of methoxy groups -OCH3 is 1. The lowest BCUT2D eigenvalue weighted by Gasteiger charge is -2.11. The zero-order chi connectivity index (χ0) is 21.9. The van der Waals surface area contributed by atoms with E-state index in [0.717, 1.165) is 22.8 Å². The largest absolute Gasteiger partial charge is 0.497 e. The van der Waals surface area contributed by atoms with Crippen LogP contribution >= 0.6 is 12.2 Å². The minimum atomic E-state index is -0.231. The molecule has 0 bridgehead atoms. The number of anilines is 1. The van der Waals surface area contributed by atoms with Crippen molar-refractivity contribution >= 4 is 40.3 Å². The number of hydrogen-bond donors (Lipinski definition) is 3. The van der Waals surface area contributed by atoms with Gasteiger partial charge >= 0.3 is 0 Å². The quantitative estimate of drug-likeness (QED) is 0.269. The summed E-state index contributed by atoms with van der Waals surface area (Å²) in [5, 5.41) is 17.7. The van der Waals surface area contributed by atoms with E-state index in [9.17, 15) is 4.79 Å². The van der Waals surface area contributed by atoms with E-state index in [1.165, 1.54) is 0 Å². The molecule has 31 heavy (non-hydrogen) atoms. The molecule has 0 heterocycles. The molecule has 0 saturated heterocycles. The van der Waals surface area contributed by atoms with Gasteiger partial charge in [-0.3, -0.25) is 10.1 Å². The number of benzene rings is 3. The van der Waals surface area contributed by atoms with Gasteiger partial charge in [0.15, 0.2) is 5.11 Å². The SMILES string of the molecule is COc1ccc(N=Nc2ccc(NCCNC(=S)NC(=O)c3ccccc3)cc2)cc1. The molecule has 3 aromatic rings. The average Bonchev–Trinajstić information content (AvgIpc) is 2.82. The smallest absolute Gasteiger partial charge is 0.257 e. The fourth-order valence-corrected chi connectivity index (χ4v) is 2.80. The summed E-state index contributed by atoms with van der Waals surface area (Å²) in [5.74, 6) is 0.550. The summed E-state index contributed by atoms with van der Waals surface area (Å²) >= 11 is 5.16. The molecule has 3 N–H and O–H groups in total. The van der Waals surface area contributed by atoms with E-state index in [-0.39, 0.29) is 5.91 Å². The summed E-state index contributed by atoms with van der Waals surface area (Å²) in [6.45, 7) is 1.20. The van der Waals surface area contributed by atoms with Gasteiger partial charge in [0.2, 0.25) is 0 Å². The van der Waals surface area contributed by atoms with Gasteiger partial charge in [-0.25, -0.2) is 0 Å². The number of thiocarbonyl (C=S) groups is 1. The third-order valence-electron chi connectivity index (χ3n) is 4.22. The van der Waals surface area contributed by atoms with Gasteiger partial charge in [0.1, 0.15) is 5.75 Å². The van der Waals surface area contributed by atoms with Crippen LogP contribution in [0.1, 0.15) is 10.4 Å². The first-order valence-corrected chi connectivity index (χ1v) is 10.1. The number of hydrogen-bond acceptors (Lipinski definition) is 6. The lowest BCUT2D eigenvalue weighted by molar-refractivity contribution is 0.0976. The maximum atomic E-state index is 12.0. The molecule has 0 fully saturated rings. The van der Waals surface area contributed by atoms with E-state index < -0.39 is 0 Å². The number of nitrogens with one attached hydrogen (secondary N) is 3. The zero-order valence-corrected chi connectivity index (χ0v) is 17.9. The van der Waals surface area contributed by atoms with Gasteiger partial charge in [-0.2, -0.15) is 10.2 Å². The van der Waals surface area contributed by atoms with Crippen molar-refractivity contribution in [3.63, 3.8) is 0 Å². The molecular weight excluding hydrogens is 410 g/mol. The normalized spacial score (nSPS) is 10.5. The standard InChI is InChI=1S/C23H23N5O2S/c1-30-21-13-11-20(12-14-21)28-27-19-9-7-18(8-10-19)24-15-16-25-23(31)26-22(29)17-5-3-2-4-6-17/h2-14,24H,15-16H2,1H3,(H2,25,26,29,31). The monoisotopic (exact) mass is 433 g/mol. The molecule has 0 aliphatic carbocycles. The molecule has 0 unspecified atom stereocenters. The summed E-state index contributed by atoms with van der Waals surface area (Å²) in [6.07, 6.45) is 0. The first kappa shape index (κ1) is 21.9. The highest BCUT2D eigenvalue weighted by Gasteiger charge is 2.06. The molecule has 1 amide bonds. The summed E-state index contributed by atoms with van der Waals surface area (Å²) in [5.41, 5.74) is 3.02. The number of carbonyl (C=O) groups excluding carboxylic acids is 1. The molecule has 0 aliphatic rings. The van der Waals surface area contributed by atoms with Gasteiger partial charge in [-0.1, -0.05) is 18.2 Å². The van der Waals surface area contributed by atoms with Crippen LogP contribution in [0.2, 0.25) is 0 Å². The minimum Gasteiger partial charge on any atom is -0.497 e. The lowest BCUT2D eigenvalue weighted by Crippen LogP contribution is -2.41. The molecule has 0 radical (unpaired) electrons. The topological polar surface area (TPSA) is 87.1 Å². The van der Waals surface area contributed by atoms with Crippen molar-refractivity contribution < 1.29 is 9.53 Å². The molecule has 158 valence electrons. The summed E-state index contributed by atoms with van der Waals surface area (Å²) in [7, 11) is 1.63. The Morgan fingerprint density at radius 2 is 1.48 bits per heavy atom. The predicted molar refractivity (Wildman–Crippen MR) is 127 cm³/mol. The van der Waals surface area contributed by atoms with Crippen molar-refractivity contribution in [2.24, 2.45) is 10.2 Å². The lowest BCUT2D eigenvalue weighted by atomic mass is 10.2. The molecule has 8 heteroatoms. The van der Waals surface area contributed by atoms with E-state index in [2.05, 4.69) is 26.2 Å². The van der Waals surface area contributed by atoms with E-state index in [1.54, 1.807) is 31.4 Å². The number of amides is 1. The minimum absolute atomic E-state index is 0.231. The Kier molecular flexibility index (Phi) is 8.07. The number of azo groups is 1. The highest BCUT2D eigenvalue weighted by molar-refractivity contribution is 7.80. The van der Waals surface area contributed by atoms with Crippen molar-refractivity contribution in [1.29, 1.82) is 0 Å². The summed E-state index contributed by atoms with van der Waals surface area (Å²) < 4.78 is 5.12. The van der Waals surface area contributed by atoms with Crippen LogP contribution in [-0.4, -0.2) is 31.2 Å².